The number of carboxylic acids is 1. The molecule has 24 heavy (non-hydrogen) atoms. The van der Waals surface area contributed by atoms with Crippen LogP contribution in [0.15, 0.2) is 42.5 Å². The van der Waals surface area contributed by atoms with Gasteiger partial charge in [-0.25, -0.2) is 4.79 Å². The molecule has 1 atom stereocenters. The van der Waals surface area contributed by atoms with E-state index >= 15 is 0 Å². The van der Waals surface area contributed by atoms with E-state index in [1.165, 1.54) is 5.56 Å². The summed E-state index contributed by atoms with van der Waals surface area (Å²) in [5.41, 5.74) is 4.11. The lowest BCUT2D eigenvalue weighted by atomic mass is 9.71. The van der Waals surface area contributed by atoms with E-state index in [1.807, 2.05) is 12.1 Å². The summed E-state index contributed by atoms with van der Waals surface area (Å²) in [7, 11) is 0. The highest BCUT2D eigenvalue weighted by Gasteiger charge is 2.31. The molecule has 0 fully saturated rings. The van der Waals surface area contributed by atoms with Crippen LogP contribution in [0, 0.1) is 11.8 Å². The second-order valence-electron chi connectivity index (χ2n) is 6.87. The molecule has 0 amide bonds. The lowest BCUT2D eigenvalue weighted by Crippen LogP contribution is -2.26. The summed E-state index contributed by atoms with van der Waals surface area (Å²) in [5, 5.41) is 19.2. The van der Waals surface area contributed by atoms with Gasteiger partial charge in [0.15, 0.2) is 0 Å². The molecule has 3 rings (SSSR count). The van der Waals surface area contributed by atoms with Crippen LogP contribution in [0.4, 0.5) is 0 Å². The van der Waals surface area contributed by atoms with Crippen molar-refractivity contribution in [3.63, 3.8) is 0 Å². The molecule has 0 saturated heterocycles. The van der Waals surface area contributed by atoms with Crippen LogP contribution in [-0.4, -0.2) is 16.2 Å². The van der Waals surface area contributed by atoms with Gasteiger partial charge in [-0.2, -0.15) is 0 Å². The van der Waals surface area contributed by atoms with Crippen molar-refractivity contribution < 1.29 is 15.0 Å². The molecule has 2 aromatic rings. The predicted molar refractivity (Wildman–Crippen MR) is 93.0 cm³/mol. The van der Waals surface area contributed by atoms with E-state index in [2.05, 4.69) is 31.8 Å². The molecule has 0 aromatic heterocycles. The number of hydrogen-bond donors (Lipinski definition) is 2. The fourth-order valence-electron chi connectivity index (χ4n) is 3.16. The number of carboxylic acid groups (broad SMARTS) is 1. The van der Waals surface area contributed by atoms with Crippen molar-refractivity contribution in [1.29, 1.82) is 0 Å². The average molecular weight is 320 g/mol. The maximum absolute atomic E-state index is 10.9. The van der Waals surface area contributed by atoms with Crippen molar-refractivity contribution in [3.8, 4) is 11.8 Å². The van der Waals surface area contributed by atoms with Gasteiger partial charge in [0.25, 0.3) is 0 Å². The Hall–Kier alpha value is -2.57. The highest BCUT2D eigenvalue weighted by atomic mass is 16.4. The average Bonchev–Trinajstić information content (AvgIpc) is 2.57. The molecule has 0 heterocycles. The zero-order valence-electron chi connectivity index (χ0n) is 13.8. The molecular weight excluding hydrogens is 300 g/mol. The van der Waals surface area contributed by atoms with E-state index in [1.54, 1.807) is 24.3 Å². The Labute approximate surface area is 142 Å². The van der Waals surface area contributed by atoms with Crippen molar-refractivity contribution in [2.24, 2.45) is 0 Å². The van der Waals surface area contributed by atoms with E-state index in [4.69, 9.17) is 5.11 Å². The molecule has 0 bridgehead atoms. The molecule has 0 unspecified atom stereocenters. The second-order valence-corrected chi connectivity index (χ2v) is 6.87. The molecule has 0 aliphatic heterocycles. The van der Waals surface area contributed by atoms with Gasteiger partial charge in [-0.3, -0.25) is 0 Å². The highest BCUT2D eigenvalue weighted by Crippen LogP contribution is 2.41. The molecule has 2 N–H and O–H groups in total. The van der Waals surface area contributed by atoms with Crippen LogP contribution < -0.4 is 0 Å². The summed E-state index contributed by atoms with van der Waals surface area (Å²) in [6.07, 6.45) is 1.32. The van der Waals surface area contributed by atoms with Crippen LogP contribution in [-0.2, 0) is 5.41 Å². The summed E-state index contributed by atoms with van der Waals surface area (Å²) in [5.74, 6) is 5.20. The Morgan fingerprint density at radius 1 is 1.08 bits per heavy atom. The lowest BCUT2D eigenvalue weighted by molar-refractivity contribution is 0.0697. The fourth-order valence-corrected chi connectivity index (χ4v) is 3.16. The molecule has 3 nitrogen and oxygen atoms in total. The van der Waals surface area contributed by atoms with E-state index in [-0.39, 0.29) is 11.0 Å². The van der Waals surface area contributed by atoms with Gasteiger partial charge in [0.05, 0.1) is 11.7 Å². The van der Waals surface area contributed by atoms with Crippen LogP contribution in [0.1, 0.15) is 65.4 Å². The number of aromatic carboxylic acids is 1. The van der Waals surface area contributed by atoms with Crippen molar-refractivity contribution in [3.05, 3.63) is 70.3 Å². The van der Waals surface area contributed by atoms with Gasteiger partial charge in [0.1, 0.15) is 0 Å². The minimum absolute atomic E-state index is 0.0766. The SMILES string of the molecule is CC1(C)CC[C@@H](O)c2cc(C#Cc3ccc(C(=O)O)cc3)ccc21. The smallest absolute Gasteiger partial charge is 0.335 e. The normalized spacial score (nSPS) is 18.2. The van der Waals surface area contributed by atoms with Gasteiger partial charge >= 0.3 is 5.97 Å². The molecule has 0 spiro atoms. The summed E-state index contributed by atoms with van der Waals surface area (Å²) < 4.78 is 0. The molecule has 1 aliphatic carbocycles. The molecule has 1 aliphatic rings. The Morgan fingerprint density at radius 2 is 1.71 bits per heavy atom. The monoisotopic (exact) mass is 320 g/mol. The first-order chi connectivity index (χ1) is 11.4. The van der Waals surface area contributed by atoms with E-state index < -0.39 is 12.1 Å². The Bertz CT molecular complexity index is 836. The standard InChI is InChI=1S/C21H20O3/c1-21(2)12-11-19(22)17-13-15(7-10-18(17)21)4-3-14-5-8-16(9-6-14)20(23)24/h5-10,13,19,22H,11-12H2,1-2H3,(H,23,24)/t19-/m1/s1. The quantitative estimate of drug-likeness (QED) is 0.784. The van der Waals surface area contributed by atoms with Crippen LogP contribution in [0.5, 0.6) is 0 Å². The van der Waals surface area contributed by atoms with Crippen LogP contribution >= 0.6 is 0 Å². The third kappa shape index (κ3) is 3.20. The molecule has 122 valence electrons. The minimum Gasteiger partial charge on any atom is -0.478 e. The third-order valence-electron chi connectivity index (χ3n) is 4.67. The third-order valence-corrected chi connectivity index (χ3v) is 4.67. The predicted octanol–water partition coefficient (Wildman–Crippen LogP) is 3.89. The number of carbonyl (C=O) groups is 1. The largest absolute Gasteiger partial charge is 0.478 e. The van der Waals surface area contributed by atoms with Gasteiger partial charge in [-0.15, -0.1) is 0 Å². The number of aliphatic hydroxyl groups excluding tert-OH is 1. The Morgan fingerprint density at radius 3 is 2.38 bits per heavy atom. The van der Waals surface area contributed by atoms with Crippen molar-refractivity contribution >= 4 is 5.97 Å². The van der Waals surface area contributed by atoms with Gasteiger partial charge in [0.2, 0.25) is 0 Å². The maximum atomic E-state index is 10.9. The van der Waals surface area contributed by atoms with Crippen LogP contribution in [0.2, 0.25) is 0 Å². The molecular formula is C21H20O3. The Balaban J connectivity index is 1.90. The lowest BCUT2D eigenvalue weighted by Gasteiger charge is -2.35. The Kier molecular flexibility index (Phi) is 4.17. The van der Waals surface area contributed by atoms with E-state index in [9.17, 15) is 9.90 Å². The first kappa shape index (κ1) is 16.3. The second kappa shape index (κ2) is 6.14. The highest BCUT2D eigenvalue weighted by molar-refractivity contribution is 5.87. The molecule has 0 radical (unpaired) electrons. The summed E-state index contributed by atoms with van der Waals surface area (Å²) >= 11 is 0. The van der Waals surface area contributed by atoms with Gasteiger partial charge in [-0.1, -0.05) is 31.8 Å². The molecule has 3 heteroatoms. The number of fused-ring (bicyclic) bond motifs is 1. The number of rotatable bonds is 1. The minimum atomic E-state index is -0.944. The molecule has 0 saturated carbocycles. The maximum Gasteiger partial charge on any atom is 0.335 e. The van der Waals surface area contributed by atoms with Crippen LogP contribution in [0.3, 0.4) is 0 Å². The summed E-state index contributed by atoms with van der Waals surface area (Å²) in [6.45, 7) is 4.40. The fraction of sp³-hybridized carbons (Fsp3) is 0.286. The van der Waals surface area contributed by atoms with Crippen molar-refractivity contribution in [1.82, 2.24) is 0 Å². The van der Waals surface area contributed by atoms with Crippen LogP contribution in [0.25, 0.3) is 0 Å². The van der Waals surface area contributed by atoms with Gasteiger partial charge < -0.3 is 10.2 Å². The van der Waals surface area contributed by atoms with Gasteiger partial charge in [0, 0.05) is 11.1 Å². The zero-order valence-corrected chi connectivity index (χ0v) is 13.8. The topological polar surface area (TPSA) is 57.5 Å². The van der Waals surface area contributed by atoms with Crippen molar-refractivity contribution in [2.75, 3.05) is 0 Å². The van der Waals surface area contributed by atoms with E-state index in [0.717, 1.165) is 29.5 Å². The first-order valence-electron chi connectivity index (χ1n) is 8.05. The summed E-state index contributed by atoms with van der Waals surface area (Å²) in [4.78, 5) is 10.9. The molecule has 2 aromatic carbocycles. The van der Waals surface area contributed by atoms with Crippen molar-refractivity contribution in [2.45, 2.75) is 38.2 Å². The number of hydrogen-bond acceptors (Lipinski definition) is 2. The number of benzene rings is 2. The summed E-state index contributed by atoms with van der Waals surface area (Å²) in [6, 6.07) is 12.5. The number of aliphatic hydroxyl groups is 1. The van der Waals surface area contributed by atoms with E-state index in [0.29, 0.717) is 0 Å². The first-order valence-corrected chi connectivity index (χ1v) is 8.05. The van der Waals surface area contributed by atoms with Gasteiger partial charge in [-0.05, 0) is 65.8 Å². The zero-order chi connectivity index (χ0) is 17.3.